The van der Waals surface area contributed by atoms with Crippen molar-refractivity contribution in [3.8, 4) is 0 Å². The van der Waals surface area contributed by atoms with Crippen LogP contribution in [0.2, 0.25) is 0 Å². The van der Waals surface area contributed by atoms with Crippen molar-refractivity contribution in [1.29, 1.82) is 0 Å². The normalized spacial score (nSPS) is 11.2. The van der Waals surface area contributed by atoms with E-state index in [1.165, 1.54) is 6.07 Å². The van der Waals surface area contributed by atoms with E-state index in [0.717, 1.165) is 11.1 Å². The molecule has 0 fully saturated rings. The van der Waals surface area contributed by atoms with Crippen LogP contribution < -0.4 is 4.72 Å². The number of sulfonamides is 1. The Morgan fingerprint density at radius 2 is 1.62 bits per heavy atom. The fourth-order valence-electron chi connectivity index (χ4n) is 2.12. The van der Waals surface area contributed by atoms with Gasteiger partial charge in [0.1, 0.15) is 0 Å². The van der Waals surface area contributed by atoms with E-state index in [-0.39, 0.29) is 4.90 Å². The molecule has 0 saturated heterocycles. The van der Waals surface area contributed by atoms with Crippen molar-refractivity contribution in [1.82, 2.24) is 4.72 Å². The third kappa shape index (κ3) is 3.49. The van der Waals surface area contributed by atoms with Crippen molar-refractivity contribution < 1.29 is 13.2 Å². The van der Waals surface area contributed by atoms with E-state index in [0.29, 0.717) is 11.1 Å². The number of hydrogen-bond donors (Lipinski definition) is 1. The number of benzene rings is 2. The Balaban J connectivity index is 2.31. The molecule has 5 heteroatoms. The minimum absolute atomic E-state index is 0.120. The number of aryl methyl sites for hydroxylation is 3. The first-order chi connectivity index (χ1) is 9.79. The molecule has 0 bridgehead atoms. The molecule has 0 saturated carbocycles. The van der Waals surface area contributed by atoms with Gasteiger partial charge in [-0.1, -0.05) is 35.4 Å². The molecule has 0 unspecified atom stereocenters. The third-order valence-electron chi connectivity index (χ3n) is 3.13. The van der Waals surface area contributed by atoms with Gasteiger partial charge in [0.05, 0.1) is 4.90 Å². The van der Waals surface area contributed by atoms with Gasteiger partial charge < -0.3 is 0 Å². The third-order valence-corrected chi connectivity index (χ3v) is 4.62. The van der Waals surface area contributed by atoms with E-state index < -0.39 is 15.9 Å². The van der Waals surface area contributed by atoms with Gasteiger partial charge in [-0.15, -0.1) is 0 Å². The van der Waals surface area contributed by atoms with Crippen molar-refractivity contribution in [2.24, 2.45) is 0 Å². The van der Waals surface area contributed by atoms with Gasteiger partial charge >= 0.3 is 0 Å². The van der Waals surface area contributed by atoms with Crippen LogP contribution in [-0.4, -0.2) is 14.3 Å². The predicted molar refractivity (Wildman–Crippen MR) is 81.7 cm³/mol. The van der Waals surface area contributed by atoms with Crippen molar-refractivity contribution in [2.45, 2.75) is 25.7 Å². The lowest BCUT2D eigenvalue weighted by Crippen LogP contribution is -2.31. The molecular formula is C16H17NO3S. The van der Waals surface area contributed by atoms with Crippen LogP contribution in [0.25, 0.3) is 0 Å². The summed E-state index contributed by atoms with van der Waals surface area (Å²) >= 11 is 0. The molecule has 0 heterocycles. The standard InChI is InChI=1S/C16H17NO3S/c1-11-5-4-6-14(10-11)16(18)17-21(19,20)15-8-7-12(2)9-13(15)3/h4-10H,1-3H3,(H,17,18). The van der Waals surface area contributed by atoms with Gasteiger partial charge in [-0.2, -0.15) is 0 Å². The lowest BCUT2D eigenvalue weighted by molar-refractivity contribution is 0.0981. The molecule has 2 aromatic rings. The fraction of sp³-hybridized carbons (Fsp3) is 0.188. The molecule has 1 amide bonds. The van der Waals surface area contributed by atoms with Crippen LogP contribution in [0.5, 0.6) is 0 Å². The average Bonchev–Trinajstić information content (AvgIpc) is 2.37. The molecule has 0 aromatic heterocycles. The Bertz CT molecular complexity index is 795. The molecule has 0 spiro atoms. The molecule has 0 aliphatic rings. The van der Waals surface area contributed by atoms with Gasteiger partial charge in [-0.25, -0.2) is 13.1 Å². The van der Waals surface area contributed by atoms with Gasteiger partial charge in [-0.05, 0) is 44.5 Å². The summed E-state index contributed by atoms with van der Waals surface area (Å²) in [4.78, 5) is 12.2. The second kappa shape index (κ2) is 5.69. The second-order valence-electron chi connectivity index (χ2n) is 5.07. The van der Waals surface area contributed by atoms with Gasteiger partial charge in [0, 0.05) is 5.56 Å². The first kappa shape index (κ1) is 15.3. The van der Waals surface area contributed by atoms with Crippen molar-refractivity contribution in [3.63, 3.8) is 0 Å². The molecule has 2 aromatic carbocycles. The highest BCUT2D eigenvalue weighted by atomic mass is 32.2. The number of amides is 1. The SMILES string of the molecule is Cc1cccc(C(=O)NS(=O)(=O)c2ccc(C)cc2C)c1. The average molecular weight is 303 g/mol. The van der Waals surface area contributed by atoms with Gasteiger partial charge in [-0.3, -0.25) is 4.79 Å². The molecule has 110 valence electrons. The molecule has 2 rings (SSSR count). The van der Waals surface area contributed by atoms with E-state index in [1.54, 1.807) is 37.3 Å². The first-order valence-corrected chi connectivity index (χ1v) is 7.99. The minimum Gasteiger partial charge on any atom is -0.268 e. The maximum atomic E-state index is 12.3. The summed E-state index contributed by atoms with van der Waals surface area (Å²) in [6.45, 7) is 5.43. The van der Waals surface area contributed by atoms with Crippen LogP contribution in [0.3, 0.4) is 0 Å². The Kier molecular flexibility index (Phi) is 4.14. The largest absolute Gasteiger partial charge is 0.268 e. The quantitative estimate of drug-likeness (QED) is 0.948. The highest BCUT2D eigenvalue weighted by Gasteiger charge is 2.20. The van der Waals surface area contributed by atoms with Crippen LogP contribution in [0.4, 0.5) is 0 Å². The number of nitrogens with one attached hydrogen (secondary N) is 1. The molecule has 0 aliphatic heterocycles. The van der Waals surface area contributed by atoms with Gasteiger partial charge in [0.25, 0.3) is 15.9 Å². The summed E-state index contributed by atoms with van der Waals surface area (Å²) in [7, 11) is -3.87. The summed E-state index contributed by atoms with van der Waals surface area (Å²) in [5.41, 5.74) is 2.80. The fourth-order valence-corrected chi connectivity index (χ4v) is 3.32. The van der Waals surface area contributed by atoms with E-state index in [4.69, 9.17) is 0 Å². The topological polar surface area (TPSA) is 63.2 Å². The molecular weight excluding hydrogens is 286 g/mol. The first-order valence-electron chi connectivity index (χ1n) is 6.51. The predicted octanol–water partition coefficient (Wildman–Crippen LogP) is 2.73. The van der Waals surface area contributed by atoms with E-state index >= 15 is 0 Å². The molecule has 0 radical (unpaired) electrons. The Hall–Kier alpha value is -2.14. The molecule has 4 nitrogen and oxygen atoms in total. The minimum atomic E-state index is -3.87. The van der Waals surface area contributed by atoms with Crippen LogP contribution in [0, 0.1) is 20.8 Å². The van der Waals surface area contributed by atoms with E-state index in [2.05, 4.69) is 4.72 Å². The van der Waals surface area contributed by atoms with Crippen LogP contribution in [-0.2, 0) is 10.0 Å². The Labute approximate surface area is 124 Å². The molecule has 1 N–H and O–H groups in total. The number of carbonyl (C=O) groups is 1. The zero-order valence-electron chi connectivity index (χ0n) is 12.2. The Morgan fingerprint density at radius 1 is 0.952 bits per heavy atom. The van der Waals surface area contributed by atoms with Crippen molar-refractivity contribution in [3.05, 3.63) is 64.7 Å². The maximum Gasteiger partial charge on any atom is 0.265 e. The lowest BCUT2D eigenvalue weighted by atomic mass is 10.1. The number of hydrogen-bond acceptors (Lipinski definition) is 3. The van der Waals surface area contributed by atoms with Crippen molar-refractivity contribution in [2.75, 3.05) is 0 Å². The monoisotopic (exact) mass is 303 g/mol. The van der Waals surface area contributed by atoms with Crippen LogP contribution >= 0.6 is 0 Å². The summed E-state index contributed by atoms with van der Waals surface area (Å²) < 4.78 is 26.7. The number of carbonyl (C=O) groups excluding carboxylic acids is 1. The maximum absolute atomic E-state index is 12.3. The van der Waals surface area contributed by atoms with E-state index in [9.17, 15) is 13.2 Å². The summed E-state index contributed by atoms with van der Waals surface area (Å²) in [6.07, 6.45) is 0. The summed E-state index contributed by atoms with van der Waals surface area (Å²) in [5.74, 6) is -0.626. The highest BCUT2D eigenvalue weighted by molar-refractivity contribution is 7.90. The van der Waals surface area contributed by atoms with Gasteiger partial charge in [0.2, 0.25) is 0 Å². The Morgan fingerprint density at radius 3 is 2.24 bits per heavy atom. The zero-order valence-corrected chi connectivity index (χ0v) is 13.0. The smallest absolute Gasteiger partial charge is 0.265 e. The van der Waals surface area contributed by atoms with Gasteiger partial charge in [0.15, 0.2) is 0 Å². The molecule has 0 aliphatic carbocycles. The zero-order chi connectivity index (χ0) is 15.6. The lowest BCUT2D eigenvalue weighted by Gasteiger charge is -2.10. The molecule has 21 heavy (non-hydrogen) atoms. The summed E-state index contributed by atoms with van der Waals surface area (Å²) in [5, 5.41) is 0. The number of rotatable bonds is 3. The van der Waals surface area contributed by atoms with Crippen LogP contribution in [0.15, 0.2) is 47.4 Å². The second-order valence-corrected chi connectivity index (χ2v) is 6.72. The van der Waals surface area contributed by atoms with Crippen LogP contribution in [0.1, 0.15) is 27.0 Å². The highest BCUT2D eigenvalue weighted by Crippen LogP contribution is 2.16. The molecule has 0 atom stereocenters. The summed E-state index contributed by atoms with van der Waals surface area (Å²) in [6, 6.07) is 11.8. The van der Waals surface area contributed by atoms with E-state index in [1.807, 2.05) is 19.9 Å². The van der Waals surface area contributed by atoms with Crippen molar-refractivity contribution >= 4 is 15.9 Å².